The Bertz CT molecular complexity index is 1170. The molecule has 5 N–H and O–H groups in total. The standard InChI is InChI=1S/C23H34N4O5S2/c1-22(2,3)26-33(29,30)18-12-17(13-19(14-18)34(31,32)27-23(4,5)6)25-21(28)20(15-24)16-10-8-7-9-11-16/h7-14,20,26-27H,15,24H2,1-6H3,(H,25,28). The van der Waals surface area contributed by atoms with E-state index in [-0.39, 0.29) is 22.0 Å². The zero-order valence-electron chi connectivity index (χ0n) is 20.3. The van der Waals surface area contributed by atoms with E-state index in [2.05, 4.69) is 14.8 Å². The van der Waals surface area contributed by atoms with Gasteiger partial charge in [0, 0.05) is 23.3 Å². The average molecular weight is 511 g/mol. The van der Waals surface area contributed by atoms with Crippen LogP contribution in [-0.2, 0) is 24.8 Å². The molecule has 1 unspecified atom stereocenters. The summed E-state index contributed by atoms with van der Waals surface area (Å²) in [6.07, 6.45) is 0. The van der Waals surface area contributed by atoms with Crippen molar-refractivity contribution in [2.45, 2.75) is 68.3 Å². The van der Waals surface area contributed by atoms with E-state index in [0.717, 1.165) is 6.07 Å². The predicted octanol–water partition coefficient (Wildman–Crippen LogP) is 2.52. The van der Waals surface area contributed by atoms with Crippen molar-refractivity contribution in [3.8, 4) is 0 Å². The second kappa shape index (κ2) is 10.1. The Morgan fingerprint density at radius 2 is 1.26 bits per heavy atom. The second-order valence-electron chi connectivity index (χ2n) is 10.1. The third-order valence-electron chi connectivity index (χ3n) is 4.40. The number of amides is 1. The van der Waals surface area contributed by atoms with Gasteiger partial charge in [0.25, 0.3) is 0 Å². The summed E-state index contributed by atoms with van der Waals surface area (Å²) in [6.45, 7) is 10.0. The molecular weight excluding hydrogens is 476 g/mol. The topological polar surface area (TPSA) is 147 Å². The maximum atomic E-state index is 13.0. The molecular formula is C23H34N4O5S2. The first kappa shape index (κ1) is 27.9. The van der Waals surface area contributed by atoms with Crippen molar-refractivity contribution in [1.82, 2.24) is 9.44 Å². The minimum Gasteiger partial charge on any atom is -0.329 e. The van der Waals surface area contributed by atoms with Crippen LogP contribution in [0.2, 0.25) is 0 Å². The highest BCUT2D eigenvalue weighted by Crippen LogP contribution is 2.26. The number of nitrogens with one attached hydrogen (secondary N) is 3. The van der Waals surface area contributed by atoms with Crippen molar-refractivity contribution in [2.24, 2.45) is 5.73 Å². The van der Waals surface area contributed by atoms with E-state index in [0.29, 0.717) is 5.56 Å². The lowest BCUT2D eigenvalue weighted by molar-refractivity contribution is -0.117. The lowest BCUT2D eigenvalue weighted by Gasteiger charge is -2.23. The highest BCUT2D eigenvalue weighted by atomic mass is 32.2. The van der Waals surface area contributed by atoms with E-state index in [1.165, 1.54) is 12.1 Å². The number of carbonyl (C=O) groups excluding carboxylic acids is 1. The van der Waals surface area contributed by atoms with Gasteiger partial charge in [0.15, 0.2) is 0 Å². The molecule has 0 bridgehead atoms. The number of rotatable bonds is 8. The number of hydrogen-bond acceptors (Lipinski definition) is 6. The Balaban J connectivity index is 2.57. The summed E-state index contributed by atoms with van der Waals surface area (Å²) in [6, 6.07) is 12.4. The van der Waals surface area contributed by atoms with Gasteiger partial charge in [0.2, 0.25) is 26.0 Å². The van der Waals surface area contributed by atoms with Crippen molar-refractivity contribution >= 4 is 31.6 Å². The average Bonchev–Trinajstić information content (AvgIpc) is 2.65. The summed E-state index contributed by atoms with van der Waals surface area (Å²) < 4.78 is 57.0. The van der Waals surface area contributed by atoms with Gasteiger partial charge in [-0.2, -0.15) is 0 Å². The first-order valence-electron chi connectivity index (χ1n) is 10.7. The van der Waals surface area contributed by atoms with Gasteiger partial charge < -0.3 is 11.1 Å². The predicted molar refractivity (Wildman–Crippen MR) is 133 cm³/mol. The van der Waals surface area contributed by atoms with Crippen LogP contribution in [-0.4, -0.2) is 40.4 Å². The van der Waals surface area contributed by atoms with Crippen molar-refractivity contribution in [1.29, 1.82) is 0 Å². The molecule has 1 amide bonds. The zero-order valence-corrected chi connectivity index (χ0v) is 22.0. The molecule has 11 heteroatoms. The van der Waals surface area contributed by atoms with Crippen LogP contribution in [0.5, 0.6) is 0 Å². The van der Waals surface area contributed by atoms with Gasteiger partial charge in [-0.25, -0.2) is 26.3 Å². The molecule has 0 radical (unpaired) electrons. The van der Waals surface area contributed by atoms with Crippen LogP contribution in [0.15, 0.2) is 58.3 Å². The second-order valence-corrected chi connectivity index (χ2v) is 13.5. The SMILES string of the molecule is CC(C)(C)NS(=O)(=O)c1cc(NC(=O)C(CN)c2ccccc2)cc(S(=O)(=O)NC(C)(C)C)c1. The van der Waals surface area contributed by atoms with Gasteiger partial charge in [-0.3, -0.25) is 4.79 Å². The van der Waals surface area contributed by atoms with Crippen LogP contribution in [0.1, 0.15) is 53.0 Å². The number of benzene rings is 2. The molecule has 0 aliphatic rings. The van der Waals surface area contributed by atoms with Crippen molar-refractivity contribution in [3.05, 3.63) is 54.1 Å². The van der Waals surface area contributed by atoms with E-state index >= 15 is 0 Å². The minimum atomic E-state index is -4.10. The van der Waals surface area contributed by atoms with Crippen molar-refractivity contribution in [3.63, 3.8) is 0 Å². The number of carbonyl (C=O) groups is 1. The lowest BCUT2D eigenvalue weighted by atomic mass is 9.98. The summed E-state index contributed by atoms with van der Waals surface area (Å²) in [5, 5.41) is 2.64. The molecule has 0 saturated heterocycles. The molecule has 0 spiro atoms. The maximum Gasteiger partial charge on any atom is 0.241 e. The summed E-state index contributed by atoms with van der Waals surface area (Å²) in [5.41, 5.74) is 4.91. The van der Waals surface area contributed by atoms with Gasteiger partial charge in [0.05, 0.1) is 15.7 Å². The summed E-state index contributed by atoms with van der Waals surface area (Å²) in [4.78, 5) is 12.4. The quantitative estimate of drug-likeness (QED) is 0.429. The molecule has 0 aromatic heterocycles. The number of sulfonamides is 2. The van der Waals surface area contributed by atoms with Crippen LogP contribution < -0.4 is 20.5 Å². The smallest absolute Gasteiger partial charge is 0.241 e. The van der Waals surface area contributed by atoms with E-state index in [1.807, 2.05) is 6.07 Å². The fraction of sp³-hybridized carbons (Fsp3) is 0.435. The molecule has 0 aliphatic carbocycles. The molecule has 1 atom stereocenters. The van der Waals surface area contributed by atoms with Crippen molar-refractivity contribution < 1.29 is 21.6 Å². The Hall–Kier alpha value is -2.31. The highest BCUT2D eigenvalue weighted by Gasteiger charge is 2.28. The molecule has 2 aromatic carbocycles. The number of hydrogen-bond donors (Lipinski definition) is 4. The van der Waals surface area contributed by atoms with Gasteiger partial charge in [0.1, 0.15) is 0 Å². The number of anilines is 1. The van der Waals surface area contributed by atoms with E-state index in [9.17, 15) is 21.6 Å². The van der Waals surface area contributed by atoms with Crippen molar-refractivity contribution in [2.75, 3.05) is 11.9 Å². The highest BCUT2D eigenvalue weighted by molar-refractivity contribution is 7.90. The van der Waals surface area contributed by atoms with Crippen LogP contribution in [0.25, 0.3) is 0 Å². The fourth-order valence-corrected chi connectivity index (χ4v) is 6.24. The van der Waals surface area contributed by atoms with Crippen LogP contribution in [0.4, 0.5) is 5.69 Å². The third kappa shape index (κ3) is 7.88. The molecule has 34 heavy (non-hydrogen) atoms. The Kier molecular flexibility index (Phi) is 8.32. The number of nitrogens with two attached hydrogens (primary N) is 1. The minimum absolute atomic E-state index is 0.0101. The first-order valence-corrected chi connectivity index (χ1v) is 13.7. The largest absolute Gasteiger partial charge is 0.329 e. The Morgan fingerprint density at radius 1 is 0.824 bits per heavy atom. The summed E-state index contributed by atoms with van der Waals surface area (Å²) >= 11 is 0. The van der Waals surface area contributed by atoms with E-state index in [4.69, 9.17) is 5.73 Å². The molecule has 0 heterocycles. The summed E-state index contributed by atoms with van der Waals surface area (Å²) in [5.74, 6) is -1.19. The molecule has 2 rings (SSSR count). The Labute approximate surface area is 202 Å². The molecule has 0 fully saturated rings. The van der Waals surface area contributed by atoms with Gasteiger partial charge >= 0.3 is 0 Å². The fourth-order valence-electron chi connectivity index (χ4n) is 3.19. The van der Waals surface area contributed by atoms with Gasteiger partial charge in [-0.15, -0.1) is 0 Å². The van der Waals surface area contributed by atoms with E-state index < -0.39 is 42.9 Å². The van der Waals surface area contributed by atoms with Gasteiger partial charge in [-0.1, -0.05) is 30.3 Å². The summed E-state index contributed by atoms with van der Waals surface area (Å²) in [7, 11) is -8.20. The molecule has 2 aromatic rings. The van der Waals surface area contributed by atoms with Crippen LogP contribution >= 0.6 is 0 Å². The third-order valence-corrected chi connectivity index (χ3v) is 7.88. The van der Waals surface area contributed by atoms with E-state index in [1.54, 1.807) is 65.8 Å². The van der Waals surface area contributed by atoms with Crippen LogP contribution in [0.3, 0.4) is 0 Å². The normalized spacial score (nSPS) is 14.0. The maximum absolute atomic E-state index is 13.0. The Morgan fingerprint density at radius 3 is 1.65 bits per heavy atom. The monoisotopic (exact) mass is 510 g/mol. The van der Waals surface area contributed by atoms with Gasteiger partial charge in [-0.05, 0) is 65.3 Å². The van der Waals surface area contributed by atoms with Crippen LogP contribution in [0, 0.1) is 0 Å². The first-order chi connectivity index (χ1) is 15.4. The molecule has 0 aliphatic heterocycles. The zero-order chi connectivity index (χ0) is 25.9. The molecule has 0 saturated carbocycles. The molecule has 188 valence electrons. The lowest BCUT2D eigenvalue weighted by Crippen LogP contribution is -2.41. The molecule has 9 nitrogen and oxygen atoms in total.